The van der Waals surface area contributed by atoms with Gasteiger partial charge in [-0.25, -0.2) is 0 Å². The number of hydrogen-bond donors (Lipinski definition) is 1. The van der Waals surface area contributed by atoms with Gasteiger partial charge in [0.2, 0.25) is 0 Å². The SMILES string of the molecule is CO[C@]1(C)C[C@@H](C)CN(C)C(C2CC3CCC(C2)N3C(C)C)COC(=O)C(C)(C)C(=O)[C@H](C)[C@H]1O[C@@H]1O[C@H](C)C[C@H](N(C)C)[C@H]1O. The average Bonchev–Trinajstić information content (AvgIpc) is 3.25. The summed E-state index contributed by atoms with van der Waals surface area (Å²) in [5, 5.41) is 11.4. The number of Topliss-reactive ketones (excluding diaryl/α,β-unsaturated/α-hetero) is 1. The fourth-order valence-electron chi connectivity index (χ4n) is 9.47. The molecule has 1 N–H and O–H groups in total. The molecule has 4 aliphatic rings. The van der Waals surface area contributed by atoms with Crippen molar-refractivity contribution >= 4 is 11.8 Å². The van der Waals surface area contributed by atoms with Crippen molar-refractivity contribution in [3.05, 3.63) is 0 Å². The lowest BCUT2D eigenvalue weighted by Crippen LogP contribution is -2.59. The zero-order valence-electron chi connectivity index (χ0n) is 30.8. The van der Waals surface area contributed by atoms with Gasteiger partial charge in [0, 0.05) is 49.8 Å². The predicted molar refractivity (Wildman–Crippen MR) is 178 cm³/mol. The van der Waals surface area contributed by atoms with Gasteiger partial charge in [-0.1, -0.05) is 13.8 Å². The van der Waals surface area contributed by atoms with E-state index in [1.54, 1.807) is 27.9 Å². The quantitative estimate of drug-likeness (QED) is 0.336. The standard InChI is InChI=1S/C36H65N3O7/c1-21(2)39-26-13-14-27(39)17-25(16-26)29-20-44-34(42)35(6,7)31(41)24(5)32(36(8,43-12)18-22(3)19-38(29)11)46-33-30(40)28(37(9)10)15-23(4)45-33/h21-30,32-33,40H,13-20H2,1-12H3/t22-,23-,24+,25?,26?,27?,28+,29?,30-,32-,33+,36-/m1/s1. The van der Waals surface area contributed by atoms with Crippen molar-refractivity contribution < 1.29 is 33.6 Å². The molecule has 0 radical (unpaired) electrons. The molecule has 4 saturated heterocycles. The molecule has 4 rings (SSSR count). The zero-order valence-corrected chi connectivity index (χ0v) is 30.8. The molecule has 0 amide bonds. The molecule has 11 atom stereocenters. The Labute approximate surface area is 278 Å². The molecular weight excluding hydrogens is 586 g/mol. The normalized spacial score (nSPS) is 43.7. The first-order valence-electron chi connectivity index (χ1n) is 17.8. The Bertz CT molecular complexity index is 1040. The highest BCUT2D eigenvalue weighted by Crippen LogP contribution is 2.43. The van der Waals surface area contributed by atoms with E-state index in [2.05, 4.69) is 37.6 Å². The van der Waals surface area contributed by atoms with Crippen molar-refractivity contribution in [1.82, 2.24) is 14.7 Å². The summed E-state index contributed by atoms with van der Waals surface area (Å²) in [5.41, 5.74) is -2.30. The molecule has 2 bridgehead atoms. The third-order valence-corrected chi connectivity index (χ3v) is 11.9. The molecule has 10 nitrogen and oxygen atoms in total. The number of aliphatic hydroxyl groups is 1. The largest absolute Gasteiger partial charge is 0.463 e. The lowest BCUT2D eigenvalue weighted by molar-refractivity contribution is -0.295. The molecule has 3 unspecified atom stereocenters. The van der Waals surface area contributed by atoms with Crippen molar-refractivity contribution in [2.24, 2.45) is 23.2 Å². The Morgan fingerprint density at radius 2 is 1.63 bits per heavy atom. The number of ketones is 1. The van der Waals surface area contributed by atoms with Gasteiger partial charge in [0.25, 0.3) is 0 Å². The highest BCUT2D eigenvalue weighted by Gasteiger charge is 2.52. The fraction of sp³-hybridized carbons (Fsp3) is 0.944. The third-order valence-electron chi connectivity index (χ3n) is 11.9. The second kappa shape index (κ2) is 14.8. The minimum Gasteiger partial charge on any atom is -0.463 e. The van der Waals surface area contributed by atoms with Crippen molar-refractivity contribution in [2.75, 3.05) is 41.4 Å². The van der Waals surface area contributed by atoms with E-state index in [1.165, 1.54) is 12.8 Å². The summed E-state index contributed by atoms with van der Waals surface area (Å²) in [6.07, 6.45) is 3.12. The summed E-state index contributed by atoms with van der Waals surface area (Å²) in [5.74, 6) is -0.940. The van der Waals surface area contributed by atoms with E-state index in [0.29, 0.717) is 36.9 Å². The van der Waals surface area contributed by atoms with Gasteiger partial charge in [0.15, 0.2) is 12.1 Å². The maximum absolute atomic E-state index is 14.3. The number of esters is 1. The monoisotopic (exact) mass is 651 g/mol. The van der Waals surface area contributed by atoms with E-state index in [4.69, 9.17) is 18.9 Å². The Balaban J connectivity index is 1.65. The van der Waals surface area contributed by atoms with Gasteiger partial charge in [0.1, 0.15) is 18.1 Å². The van der Waals surface area contributed by atoms with E-state index in [0.717, 1.165) is 19.4 Å². The first-order valence-corrected chi connectivity index (χ1v) is 17.8. The molecule has 0 saturated carbocycles. The summed E-state index contributed by atoms with van der Waals surface area (Å²) in [4.78, 5) is 35.2. The molecule has 0 aromatic rings. The van der Waals surface area contributed by atoms with Gasteiger partial charge in [0.05, 0.1) is 17.8 Å². The van der Waals surface area contributed by atoms with E-state index in [9.17, 15) is 14.7 Å². The Morgan fingerprint density at radius 3 is 2.17 bits per heavy atom. The zero-order chi connectivity index (χ0) is 34.3. The summed E-state index contributed by atoms with van der Waals surface area (Å²) < 4.78 is 25.2. The molecule has 0 spiro atoms. The van der Waals surface area contributed by atoms with E-state index < -0.39 is 41.4 Å². The number of piperidine rings is 1. The van der Waals surface area contributed by atoms with Crippen LogP contribution in [-0.2, 0) is 28.5 Å². The maximum Gasteiger partial charge on any atom is 0.319 e. The minimum absolute atomic E-state index is 0.0592. The van der Waals surface area contributed by atoms with Crippen LogP contribution >= 0.6 is 0 Å². The number of fused-ring (bicyclic) bond motifs is 2. The first-order chi connectivity index (χ1) is 21.4. The third kappa shape index (κ3) is 7.68. The number of hydrogen-bond acceptors (Lipinski definition) is 10. The summed E-state index contributed by atoms with van der Waals surface area (Å²) in [6.45, 7) is 16.9. The number of aliphatic hydroxyl groups excluding tert-OH is 1. The molecule has 4 fully saturated rings. The second-order valence-corrected chi connectivity index (χ2v) is 16.5. The van der Waals surface area contributed by atoms with E-state index in [1.807, 2.05) is 32.8 Å². The van der Waals surface area contributed by atoms with Crippen molar-refractivity contribution in [3.63, 3.8) is 0 Å². The Morgan fingerprint density at radius 1 is 1.02 bits per heavy atom. The van der Waals surface area contributed by atoms with Crippen LogP contribution in [-0.4, -0.2) is 133 Å². The summed E-state index contributed by atoms with van der Waals surface area (Å²) in [7, 11) is 7.68. The van der Waals surface area contributed by atoms with Crippen LogP contribution in [0.5, 0.6) is 0 Å². The van der Waals surface area contributed by atoms with Crippen LogP contribution in [0.2, 0.25) is 0 Å². The number of ether oxygens (including phenoxy) is 4. The maximum atomic E-state index is 14.3. The highest BCUT2D eigenvalue weighted by atomic mass is 16.7. The number of nitrogens with zero attached hydrogens (tertiary/aromatic N) is 3. The number of methoxy groups -OCH3 is 1. The smallest absolute Gasteiger partial charge is 0.319 e. The predicted octanol–water partition coefficient (Wildman–Crippen LogP) is 3.97. The fourth-order valence-corrected chi connectivity index (χ4v) is 9.47. The molecule has 0 aromatic heterocycles. The van der Waals surface area contributed by atoms with Gasteiger partial charge in [-0.15, -0.1) is 0 Å². The number of cyclic esters (lactones) is 1. The highest BCUT2D eigenvalue weighted by molar-refractivity contribution is 6.04. The molecule has 4 aliphatic heterocycles. The van der Waals surface area contributed by atoms with Crippen LogP contribution in [0.25, 0.3) is 0 Å². The van der Waals surface area contributed by atoms with Crippen molar-refractivity contribution in [2.45, 2.75) is 154 Å². The summed E-state index contributed by atoms with van der Waals surface area (Å²) >= 11 is 0. The van der Waals surface area contributed by atoms with E-state index in [-0.39, 0.29) is 36.5 Å². The lowest BCUT2D eigenvalue weighted by atomic mass is 9.74. The van der Waals surface area contributed by atoms with Gasteiger partial charge >= 0.3 is 5.97 Å². The number of rotatable bonds is 6. The van der Waals surface area contributed by atoms with Gasteiger partial charge in [-0.05, 0) is 113 Å². The number of likely N-dealkylation sites (N-methyl/N-ethyl adjacent to an activating group) is 2. The second-order valence-electron chi connectivity index (χ2n) is 16.5. The van der Waals surface area contributed by atoms with Crippen molar-refractivity contribution in [3.8, 4) is 0 Å². The summed E-state index contributed by atoms with van der Waals surface area (Å²) in [6, 6.07) is 1.55. The van der Waals surface area contributed by atoms with E-state index >= 15 is 0 Å². The number of carbonyl (C=O) groups excluding carboxylic acids is 2. The minimum atomic E-state index is -1.40. The molecular formula is C36H65N3O7. The molecule has 0 aliphatic carbocycles. The molecule has 0 aromatic carbocycles. The van der Waals surface area contributed by atoms with Gasteiger partial charge < -0.3 is 29.0 Å². The van der Waals surface area contributed by atoms with Crippen molar-refractivity contribution in [1.29, 1.82) is 0 Å². The van der Waals surface area contributed by atoms with Crippen LogP contribution in [0, 0.1) is 23.2 Å². The molecule has 46 heavy (non-hydrogen) atoms. The van der Waals surface area contributed by atoms with Gasteiger partial charge in [-0.3, -0.25) is 19.4 Å². The van der Waals surface area contributed by atoms with Crippen LogP contribution in [0.15, 0.2) is 0 Å². The average molecular weight is 652 g/mol. The molecule has 266 valence electrons. The Kier molecular flexibility index (Phi) is 12.1. The van der Waals surface area contributed by atoms with Crippen LogP contribution < -0.4 is 0 Å². The molecule has 4 heterocycles. The molecule has 10 heteroatoms. The van der Waals surface area contributed by atoms with Gasteiger partial charge in [-0.2, -0.15) is 0 Å². The topological polar surface area (TPSA) is 101 Å². The first kappa shape index (κ1) is 37.7. The Hall–Kier alpha value is -1.14. The van der Waals surface area contributed by atoms with Crippen LogP contribution in [0.1, 0.15) is 93.9 Å². The number of carbonyl (C=O) groups is 2. The lowest BCUT2D eigenvalue weighted by Gasteiger charge is -2.47. The van der Waals surface area contributed by atoms with Crippen LogP contribution in [0.4, 0.5) is 0 Å². The van der Waals surface area contributed by atoms with Crippen LogP contribution in [0.3, 0.4) is 0 Å².